The number of fused-ring (bicyclic) bond motifs is 2. The molecule has 4 heterocycles. The molecular formula is C23H26N4O3S. The van der Waals surface area contributed by atoms with Crippen LogP contribution in [0.25, 0.3) is 10.2 Å². The summed E-state index contributed by atoms with van der Waals surface area (Å²) >= 11 is 1.32. The van der Waals surface area contributed by atoms with Crippen molar-refractivity contribution in [3.8, 4) is 0 Å². The van der Waals surface area contributed by atoms with E-state index in [2.05, 4.69) is 10.2 Å². The van der Waals surface area contributed by atoms with E-state index in [1.165, 1.54) is 11.3 Å². The quantitative estimate of drug-likeness (QED) is 0.676. The molecule has 0 bridgehead atoms. The Kier molecular flexibility index (Phi) is 5.50. The van der Waals surface area contributed by atoms with Crippen molar-refractivity contribution in [2.24, 2.45) is 0 Å². The number of nitrogens with one attached hydrogen (secondary N) is 1. The van der Waals surface area contributed by atoms with Gasteiger partial charge in [0.05, 0.1) is 34.9 Å². The minimum atomic E-state index is -0.194. The maximum atomic E-state index is 13.2. The molecule has 0 aliphatic carbocycles. The van der Waals surface area contributed by atoms with E-state index < -0.39 is 0 Å². The van der Waals surface area contributed by atoms with Crippen LogP contribution in [0, 0.1) is 6.92 Å². The first kappa shape index (κ1) is 20.2. The van der Waals surface area contributed by atoms with E-state index in [0.29, 0.717) is 34.9 Å². The average Bonchev–Trinajstić information content (AvgIpc) is 2.95. The lowest BCUT2D eigenvalue weighted by Gasteiger charge is -2.30. The van der Waals surface area contributed by atoms with Crippen molar-refractivity contribution in [2.45, 2.75) is 39.2 Å². The molecule has 3 aromatic rings. The van der Waals surface area contributed by atoms with Crippen molar-refractivity contribution in [2.75, 3.05) is 36.5 Å². The zero-order valence-corrected chi connectivity index (χ0v) is 18.5. The Labute approximate surface area is 184 Å². The lowest BCUT2D eigenvalue weighted by molar-refractivity contribution is 0.103. The average molecular weight is 439 g/mol. The number of anilines is 2. The summed E-state index contributed by atoms with van der Waals surface area (Å²) < 4.78 is 7.27. The Balaban J connectivity index is 1.49. The minimum absolute atomic E-state index is 0.0107. The molecule has 8 heteroatoms. The van der Waals surface area contributed by atoms with Crippen LogP contribution in [0.5, 0.6) is 0 Å². The molecule has 7 nitrogen and oxygen atoms in total. The van der Waals surface area contributed by atoms with Crippen molar-refractivity contribution >= 4 is 38.8 Å². The number of para-hydroxylation sites is 2. The van der Waals surface area contributed by atoms with Gasteiger partial charge in [-0.25, -0.2) is 4.98 Å². The maximum absolute atomic E-state index is 13.2. The molecule has 0 unspecified atom stereocenters. The van der Waals surface area contributed by atoms with Gasteiger partial charge < -0.3 is 15.0 Å². The molecule has 1 amide bonds. The fourth-order valence-electron chi connectivity index (χ4n) is 4.46. The maximum Gasteiger partial charge on any atom is 0.266 e. The highest BCUT2D eigenvalue weighted by Gasteiger charge is 2.23. The van der Waals surface area contributed by atoms with Crippen molar-refractivity contribution in [1.29, 1.82) is 0 Å². The molecule has 5 rings (SSSR count). The van der Waals surface area contributed by atoms with Gasteiger partial charge in [-0.3, -0.25) is 14.2 Å². The Morgan fingerprint density at radius 3 is 2.77 bits per heavy atom. The van der Waals surface area contributed by atoms with E-state index >= 15 is 0 Å². The number of hydrogen-bond donors (Lipinski definition) is 1. The lowest BCUT2D eigenvalue weighted by atomic mass is 10.2. The largest absolute Gasteiger partial charge is 0.378 e. The zero-order valence-electron chi connectivity index (χ0n) is 17.6. The van der Waals surface area contributed by atoms with Gasteiger partial charge in [0.2, 0.25) is 0 Å². The molecule has 2 aliphatic heterocycles. The first-order valence-corrected chi connectivity index (χ1v) is 11.7. The van der Waals surface area contributed by atoms with Crippen LogP contribution in [-0.2, 0) is 17.7 Å². The van der Waals surface area contributed by atoms with Crippen molar-refractivity contribution in [3.05, 3.63) is 50.9 Å². The second-order valence-corrected chi connectivity index (χ2v) is 9.10. The third-order valence-electron chi connectivity index (χ3n) is 6.12. The summed E-state index contributed by atoms with van der Waals surface area (Å²) in [4.78, 5) is 34.7. The summed E-state index contributed by atoms with van der Waals surface area (Å²) in [5.41, 5.74) is 2.47. The number of nitrogens with zero attached hydrogens (tertiary/aromatic N) is 3. The van der Waals surface area contributed by atoms with Crippen molar-refractivity contribution in [3.63, 3.8) is 0 Å². The normalized spacial score (nSPS) is 16.7. The molecule has 0 radical (unpaired) electrons. The first-order chi connectivity index (χ1) is 15.1. The predicted molar refractivity (Wildman–Crippen MR) is 124 cm³/mol. The van der Waals surface area contributed by atoms with Crippen molar-refractivity contribution in [1.82, 2.24) is 9.55 Å². The van der Waals surface area contributed by atoms with Crippen LogP contribution in [0.4, 0.5) is 11.4 Å². The molecule has 1 fully saturated rings. The van der Waals surface area contributed by atoms with E-state index in [9.17, 15) is 9.59 Å². The van der Waals surface area contributed by atoms with E-state index in [4.69, 9.17) is 9.72 Å². The summed E-state index contributed by atoms with van der Waals surface area (Å²) in [6.07, 6.45) is 3.98. The standard InChI is InChI=1S/C23H26N4O3S/c1-15-19-22(25-18-9-3-2-6-10-27(18)23(19)29)31-20(15)21(28)24-16-7-4-5-8-17(16)26-11-13-30-14-12-26/h4-5,7-8H,2-3,6,9-14H2,1H3,(H,24,28). The van der Waals surface area contributed by atoms with Crippen LogP contribution in [-0.4, -0.2) is 41.8 Å². The highest BCUT2D eigenvalue weighted by molar-refractivity contribution is 7.20. The van der Waals surface area contributed by atoms with Crippen LogP contribution in [0.3, 0.4) is 0 Å². The lowest BCUT2D eigenvalue weighted by Crippen LogP contribution is -2.36. The van der Waals surface area contributed by atoms with Gasteiger partial charge in [0.25, 0.3) is 11.5 Å². The number of amides is 1. The highest BCUT2D eigenvalue weighted by Crippen LogP contribution is 2.31. The van der Waals surface area contributed by atoms with E-state index in [-0.39, 0.29) is 11.5 Å². The van der Waals surface area contributed by atoms with Crippen LogP contribution >= 0.6 is 11.3 Å². The molecule has 2 aromatic heterocycles. The molecule has 162 valence electrons. The number of carbonyl (C=O) groups excluding carboxylic acids is 1. The van der Waals surface area contributed by atoms with Crippen LogP contribution in [0.1, 0.15) is 40.3 Å². The molecule has 2 aliphatic rings. The summed E-state index contributed by atoms with van der Waals surface area (Å²) in [7, 11) is 0. The van der Waals surface area contributed by atoms with Crippen molar-refractivity contribution < 1.29 is 9.53 Å². The number of aromatic nitrogens is 2. The van der Waals surface area contributed by atoms with Gasteiger partial charge in [-0.2, -0.15) is 0 Å². The Morgan fingerprint density at radius 1 is 1.13 bits per heavy atom. The highest BCUT2D eigenvalue weighted by atomic mass is 32.1. The number of hydrogen-bond acceptors (Lipinski definition) is 6. The van der Waals surface area contributed by atoms with Crippen LogP contribution < -0.4 is 15.8 Å². The smallest absolute Gasteiger partial charge is 0.266 e. The summed E-state index contributed by atoms with van der Waals surface area (Å²) in [6, 6.07) is 7.83. The summed E-state index contributed by atoms with van der Waals surface area (Å²) in [6.45, 7) is 5.51. The molecule has 0 saturated carbocycles. The fraction of sp³-hybridized carbons (Fsp3) is 0.435. The SMILES string of the molecule is Cc1c(C(=O)Nc2ccccc2N2CCOCC2)sc2nc3n(c(=O)c12)CCCCC3. The van der Waals surface area contributed by atoms with Gasteiger partial charge in [0.1, 0.15) is 10.7 Å². The molecule has 1 saturated heterocycles. The summed E-state index contributed by atoms with van der Waals surface area (Å²) in [5, 5.41) is 3.66. The molecule has 1 aromatic carbocycles. The van der Waals surface area contributed by atoms with E-state index in [0.717, 1.165) is 61.5 Å². The Morgan fingerprint density at radius 2 is 1.94 bits per heavy atom. The number of benzene rings is 1. The summed E-state index contributed by atoms with van der Waals surface area (Å²) in [5.74, 6) is 0.654. The van der Waals surface area contributed by atoms with Gasteiger partial charge in [0.15, 0.2) is 0 Å². The molecular weight excluding hydrogens is 412 g/mol. The molecule has 0 spiro atoms. The predicted octanol–water partition coefficient (Wildman–Crippen LogP) is 3.58. The van der Waals surface area contributed by atoms with Crippen LogP contribution in [0.15, 0.2) is 29.1 Å². The fourth-order valence-corrected chi connectivity index (χ4v) is 5.55. The van der Waals surface area contributed by atoms with E-state index in [1.807, 2.05) is 35.8 Å². The van der Waals surface area contributed by atoms with Gasteiger partial charge in [-0.1, -0.05) is 18.6 Å². The van der Waals surface area contributed by atoms with E-state index in [1.54, 1.807) is 0 Å². The number of carbonyl (C=O) groups is 1. The third-order valence-corrected chi connectivity index (χ3v) is 7.31. The number of ether oxygens (including phenoxy) is 1. The second-order valence-electron chi connectivity index (χ2n) is 8.10. The Hall–Kier alpha value is -2.71. The number of thiophene rings is 1. The monoisotopic (exact) mass is 438 g/mol. The van der Waals surface area contributed by atoms with Gasteiger partial charge in [-0.15, -0.1) is 11.3 Å². The molecule has 1 N–H and O–H groups in total. The first-order valence-electron chi connectivity index (χ1n) is 10.9. The minimum Gasteiger partial charge on any atom is -0.378 e. The van der Waals surface area contributed by atoms with Gasteiger partial charge >= 0.3 is 0 Å². The number of aryl methyl sites for hydroxylation is 2. The second kappa shape index (κ2) is 8.43. The van der Waals surface area contributed by atoms with Gasteiger partial charge in [-0.05, 0) is 37.5 Å². The van der Waals surface area contributed by atoms with Gasteiger partial charge in [0, 0.05) is 26.1 Å². The number of rotatable bonds is 3. The third kappa shape index (κ3) is 3.74. The van der Waals surface area contributed by atoms with Crippen LogP contribution in [0.2, 0.25) is 0 Å². The molecule has 31 heavy (non-hydrogen) atoms. The topological polar surface area (TPSA) is 76.5 Å². The molecule has 0 atom stereocenters. The number of morpholine rings is 1. The zero-order chi connectivity index (χ0) is 21.4. The Bertz CT molecular complexity index is 1190.